The first-order valence-corrected chi connectivity index (χ1v) is 14.3. The summed E-state index contributed by atoms with van der Waals surface area (Å²) in [6.45, 7) is 7.19. The fourth-order valence-corrected chi connectivity index (χ4v) is 7.21. The number of aromatic nitrogens is 1. The molecule has 2 aromatic heterocycles. The summed E-state index contributed by atoms with van der Waals surface area (Å²) in [5, 5.41) is 0.430. The molecule has 1 spiro atoms. The Morgan fingerprint density at radius 1 is 0.976 bits per heavy atom. The number of carbonyl (C=O) groups excluding carboxylic acids is 3. The maximum absolute atomic E-state index is 15.0. The van der Waals surface area contributed by atoms with E-state index >= 15 is 4.79 Å². The molecule has 0 saturated heterocycles. The Balaban J connectivity index is 1.57. The summed E-state index contributed by atoms with van der Waals surface area (Å²) in [5.74, 6) is -1.52. The summed E-state index contributed by atoms with van der Waals surface area (Å²) < 4.78 is 6.16. The fraction of sp³-hybridized carbons (Fsp3) is 0.182. The van der Waals surface area contributed by atoms with E-state index in [2.05, 4.69) is 4.98 Å². The van der Waals surface area contributed by atoms with E-state index in [9.17, 15) is 14.4 Å². The Labute approximate surface area is 244 Å². The maximum Gasteiger partial charge on any atom is 0.297 e. The van der Waals surface area contributed by atoms with Gasteiger partial charge in [-0.1, -0.05) is 65.4 Å². The second-order valence-corrected chi connectivity index (χ2v) is 11.8. The summed E-state index contributed by atoms with van der Waals surface area (Å²) in [6, 6.07) is 20.1. The molecule has 42 heavy (non-hydrogen) atoms. The molecule has 7 rings (SSSR count). The summed E-state index contributed by atoms with van der Waals surface area (Å²) in [7, 11) is 0. The highest BCUT2D eigenvalue weighted by Crippen LogP contribution is 2.55. The molecule has 0 N–H and O–H groups in total. The number of hydrogen-bond acceptors (Lipinski definition) is 7. The first-order valence-electron chi connectivity index (χ1n) is 13.5. The van der Waals surface area contributed by atoms with Crippen LogP contribution in [0.4, 0.5) is 10.8 Å². The third kappa shape index (κ3) is 3.37. The number of hydrogen-bond donors (Lipinski definition) is 0. The molecular weight excluding hydrogens is 550 g/mol. The Morgan fingerprint density at radius 2 is 1.71 bits per heavy atom. The molecule has 0 aliphatic carbocycles. The van der Waals surface area contributed by atoms with Gasteiger partial charge in [0.1, 0.15) is 5.58 Å². The number of ketones is 1. The first kappa shape index (κ1) is 26.0. The van der Waals surface area contributed by atoms with Crippen molar-refractivity contribution in [3.63, 3.8) is 0 Å². The van der Waals surface area contributed by atoms with E-state index < -0.39 is 22.8 Å². The quantitative estimate of drug-likeness (QED) is 0.250. The van der Waals surface area contributed by atoms with Crippen molar-refractivity contribution in [2.45, 2.75) is 39.8 Å². The number of carbonyl (C=O) groups is 3. The summed E-state index contributed by atoms with van der Waals surface area (Å²) >= 11 is 1.03. The van der Waals surface area contributed by atoms with Gasteiger partial charge in [-0.2, -0.15) is 0 Å². The van der Waals surface area contributed by atoms with Crippen LogP contribution in [0.1, 0.15) is 60.7 Å². The Kier molecular flexibility index (Phi) is 5.61. The minimum atomic E-state index is -1.87. The van der Waals surface area contributed by atoms with Crippen molar-refractivity contribution in [3.05, 3.63) is 121 Å². The highest BCUT2D eigenvalue weighted by atomic mass is 32.1. The van der Waals surface area contributed by atoms with Crippen LogP contribution in [0.15, 0.2) is 75.9 Å². The lowest BCUT2D eigenvalue weighted by Crippen LogP contribution is -2.53. The van der Waals surface area contributed by atoms with Crippen molar-refractivity contribution < 1.29 is 18.8 Å². The molecule has 2 aliphatic heterocycles. The Bertz CT molecular complexity index is 2080. The zero-order valence-electron chi connectivity index (χ0n) is 23.3. The van der Waals surface area contributed by atoms with Gasteiger partial charge in [0.05, 0.1) is 33.8 Å². The molecule has 0 radical (unpaired) electrons. The molecule has 9 heteroatoms. The number of nitrogens with zero attached hydrogens (tertiary/aromatic N) is 3. The smallest absolute Gasteiger partial charge is 0.297 e. The van der Waals surface area contributed by atoms with Gasteiger partial charge in [-0.3, -0.25) is 24.1 Å². The molecule has 0 bridgehead atoms. The van der Waals surface area contributed by atoms with Crippen LogP contribution in [-0.4, -0.2) is 22.6 Å². The minimum Gasteiger partial charge on any atom is -0.450 e. The molecule has 3 aromatic carbocycles. The van der Waals surface area contributed by atoms with Gasteiger partial charge in [-0.15, -0.1) is 0 Å². The molecule has 5 aromatic rings. The zero-order valence-corrected chi connectivity index (χ0v) is 24.2. The number of thiazole rings is 1. The van der Waals surface area contributed by atoms with E-state index in [0.717, 1.165) is 28.0 Å². The summed E-state index contributed by atoms with van der Waals surface area (Å²) in [5.41, 5.74) is 2.17. The SMILES string of the molecule is CC(=O)c1sc(N2C(=O)c3oc4ccc(C)cc4c(=O)c3C23C(=O)N(Cc2ccccc2C)c2ccccc23)nc1C. The van der Waals surface area contributed by atoms with Gasteiger partial charge in [0.25, 0.3) is 11.8 Å². The number of para-hydroxylation sites is 1. The second-order valence-electron chi connectivity index (χ2n) is 10.8. The van der Waals surface area contributed by atoms with Gasteiger partial charge < -0.3 is 9.32 Å². The lowest BCUT2D eigenvalue weighted by atomic mass is 9.84. The average Bonchev–Trinajstić information content (AvgIpc) is 3.55. The first-order chi connectivity index (χ1) is 20.1. The van der Waals surface area contributed by atoms with Gasteiger partial charge in [0, 0.05) is 12.5 Å². The van der Waals surface area contributed by atoms with Gasteiger partial charge in [0.15, 0.2) is 21.9 Å². The molecule has 0 saturated carbocycles. The number of benzene rings is 3. The lowest BCUT2D eigenvalue weighted by molar-refractivity contribution is -0.121. The van der Waals surface area contributed by atoms with Crippen LogP contribution in [0.3, 0.4) is 0 Å². The Hall–Kier alpha value is -4.89. The topological polar surface area (TPSA) is 101 Å². The molecule has 2 aliphatic rings. The highest BCUT2D eigenvalue weighted by molar-refractivity contribution is 7.17. The normalized spacial score (nSPS) is 17.4. The minimum absolute atomic E-state index is 0.0347. The molecule has 4 heterocycles. The molecule has 8 nitrogen and oxygen atoms in total. The highest BCUT2D eigenvalue weighted by Gasteiger charge is 2.66. The monoisotopic (exact) mass is 575 g/mol. The van der Waals surface area contributed by atoms with E-state index in [0.29, 0.717) is 21.8 Å². The molecular formula is C33H25N3O5S. The van der Waals surface area contributed by atoms with E-state index in [1.165, 1.54) is 11.8 Å². The zero-order chi connectivity index (χ0) is 29.5. The van der Waals surface area contributed by atoms with Gasteiger partial charge in [-0.25, -0.2) is 4.98 Å². The summed E-state index contributed by atoms with van der Waals surface area (Å²) in [4.78, 5) is 64.2. The fourth-order valence-electron chi connectivity index (χ4n) is 6.20. The summed E-state index contributed by atoms with van der Waals surface area (Å²) in [6.07, 6.45) is 0. The van der Waals surface area contributed by atoms with Crippen molar-refractivity contribution in [1.29, 1.82) is 0 Å². The van der Waals surface area contributed by atoms with Gasteiger partial charge >= 0.3 is 0 Å². The van der Waals surface area contributed by atoms with Crippen molar-refractivity contribution in [3.8, 4) is 0 Å². The third-order valence-corrected chi connectivity index (χ3v) is 9.41. The lowest BCUT2D eigenvalue weighted by Gasteiger charge is -2.32. The van der Waals surface area contributed by atoms with E-state index in [1.807, 2.05) is 50.2 Å². The van der Waals surface area contributed by atoms with E-state index in [4.69, 9.17) is 4.42 Å². The van der Waals surface area contributed by atoms with Crippen LogP contribution in [0.25, 0.3) is 11.0 Å². The number of rotatable bonds is 4. The van der Waals surface area contributed by atoms with Crippen LogP contribution in [0, 0.1) is 20.8 Å². The molecule has 1 unspecified atom stereocenters. The van der Waals surface area contributed by atoms with Crippen molar-refractivity contribution in [2.24, 2.45) is 0 Å². The number of amides is 2. The van der Waals surface area contributed by atoms with Crippen LogP contribution < -0.4 is 15.2 Å². The second kappa shape index (κ2) is 9.06. The van der Waals surface area contributed by atoms with Crippen LogP contribution in [0.5, 0.6) is 0 Å². The van der Waals surface area contributed by atoms with Crippen molar-refractivity contribution >= 4 is 50.7 Å². The van der Waals surface area contributed by atoms with E-state index in [1.54, 1.807) is 42.2 Å². The predicted octanol–water partition coefficient (Wildman–Crippen LogP) is 5.83. The van der Waals surface area contributed by atoms with Crippen LogP contribution in [0.2, 0.25) is 0 Å². The van der Waals surface area contributed by atoms with E-state index in [-0.39, 0.29) is 39.8 Å². The maximum atomic E-state index is 15.0. The van der Waals surface area contributed by atoms with Gasteiger partial charge in [0.2, 0.25) is 5.76 Å². The third-order valence-electron chi connectivity index (χ3n) is 8.17. The largest absolute Gasteiger partial charge is 0.450 e. The number of aryl methyl sites for hydroxylation is 3. The van der Waals surface area contributed by atoms with Crippen LogP contribution in [-0.2, 0) is 16.9 Å². The number of anilines is 2. The molecule has 2 amide bonds. The van der Waals surface area contributed by atoms with Gasteiger partial charge in [-0.05, 0) is 50.1 Å². The van der Waals surface area contributed by atoms with Crippen molar-refractivity contribution in [1.82, 2.24) is 4.98 Å². The molecule has 208 valence electrons. The van der Waals surface area contributed by atoms with Crippen molar-refractivity contribution in [2.75, 3.05) is 9.80 Å². The number of Topliss-reactive ketones (excluding diaryl/α,β-unsaturated/α-hetero) is 1. The number of fused-ring (bicyclic) bond motifs is 5. The van der Waals surface area contributed by atoms with Crippen LogP contribution >= 0.6 is 11.3 Å². The predicted molar refractivity (Wildman–Crippen MR) is 160 cm³/mol. The molecule has 0 fully saturated rings. The Morgan fingerprint density at radius 3 is 2.45 bits per heavy atom. The molecule has 1 atom stereocenters. The average molecular weight is 576 g/mol. The standard InChI is InChI=1S/C33H25N3O5S/c1-17-13-14-25-22(15-17)27(38)26-28(41-25)30(39)36(32-34-19(3)29(42-32)20(4)37)33(26)23-11-7-8-12-24(23)35(31(33)40)16-21-10-6-5-9-18(21)2/h5-15H,16H2,1-4H3.